The molecule has 0 saturated carbocycles. The van der Waals surface area contributed by atoms with Crippen LogP contribution < -0.4 is 4.74 Å². The largest absolute Gasteiger partial charge is 0.457 e. The standard InChI is InChI=1S/C15H15ClO2/c1-10-9-12(7-8-14(10)16)18-15-6-4-3-5-13(15)11(2)17/h3-9,11,17H,1-2H3/t11-/m0/s1. The van der Waals surface area contributed by atoms with E-state index in [4.69, 9.17) is 16.3 Å². The number of aryl methyl sites for hydroxylation is 1. The van der Waals surface area contributed by atoms with Crippen molar-refractivity contribution in [3.8, 4) is 11.5 Å². The summed E-state index contributed by atoms with van der Waals surface area (Å²) in [5.74, 6) is 1.37. The molecule has 0 aliphatic rings. The number of benzene rings is 2. The number of hydrogen-bond acceptors (Lipinski definition) is 2. The van der Waals surface area contributed by atoms with Crippen LogP contribution in [-0.4, -0.2) is 5.11 Å². The number of aliphatic hydroxyl groups excluding tert-OH is 1. The van der Waals surface area contributed by atoms with E-state index in [0.717, 1.165) is 11.1 Å². The van der Waals surface area contributed by atoms with Crippen molar-refractivity contribution in [3.05, 3.63) is 58.6 Å². The lowest BCUT2D eigenvalue weighted by molar-refractivity contribution is 0.195. The second-order valence-electron chi connectivity index (χ2n) is 4.23. The third kappa shape index (κ3) is 2.84. The van der Waals surface area contributed by atoms with Crippen LogP contribution >= 0.6 is 11.6 Å². The van der Waals surface area contributed by atoms with Crippen molar-refractivity contribution in [2.24, 2.45) is 0 Å². The monoisotopic (exact) mass is 262 g/mol. The highest BCUT2D eigenvalue weighted by atomic mass is 35.5. The summed E-state index contributed by atoms with van der Waals surface area (Å²) in [6.45, 7) is 3.64. The molecule has 0 radical (unpaired) electrons. The van der Waals surface area contributed by atoms with Crippen LogP contribution in [0.25, 0.3) is 0 Å². The molecule has 3 heteroatoms. The molecule has 1 atom stereocenters. The Morgan fingerprint density at radius 2 is 1.89 bits per heavy atom. The molecule has 0 aromatic heterocycles. The molecule has 2 aromatic rings. The quantitative estimate of drug-likeness (QED) is 0.883. The van der Waals surface area contributed by atoms with E-state index in [0.29, 0.717) is 16.5 Å². The maximum atomic E-state index is 9.68. The van der Waals surface area contributed by atoms with Gasteiger partial charge in [-0.2, -0.15) is 0 Å². The Labute approximate surface area is 112 Å². The molecular formula is C15H15ClO2. The summed E-state index contributed by atoms with van der Waals surface area (Å²) >= 11 is 5.97. The van der Waals surface area contributed by atoms with Crippen molar-refractivity contribution in [2.45, 2.75) is 20.0 Å². The minimum absolute atomic E-state index is 0.561. The Morgan fingerprint density at radius 3 is 2.56 bits per heavy atom. The molecule has 0 bridgehead atoms. The second kappa shape index (κ2) is 5.42. The van der Waals surface area contributed by atoms with Gasteiger partial charge in [0.15, 0.2) is 0 Å². The van der Waals surface area contributed by atoms with Crippen LogP contribution in [-0.2, 0) is 0 Å². The van der Waals surface area contributed by atoms with E-state index in [1.54, 1.807) is 13.0 Å². The van der Waals surface area contributed by atoms with Crippen LogP contribution in [0.3, 0.4) is 0 Å². The minimum Gasteiger partial charge on any atom is -0.457 e. The Kier molecular flexibility index (Phi) is 3.90. The normalized spacial score (nSPS) is 12.2. The molecule has 1 N–H and O–H groups in total. The molecule has 0 heterocycles. The van der Waals surface area contributed by atoms with Crippen molar-refractivity contribution in [1.29, 1.82) is 0 Å². The zero-order chi connectivity index (χ0) is 13.1. The fourth-order valence-corrected chi connectivity index (χ4v) is 1.84. The summed E-state index contributed by atoms with van der Waals surface area (Å²) in [7, 11) is 0. The van der Waals surface area contributed by atoms with Gasteiger partial charge in [0.1, 0.15) is 11.5 Å². The lowest BCUT2D eigenvalue weighted by Gasteiger charge is -2.13. The van der Waals surface area contributed by atoms with Crippen molar-refractivity contribution in [1.82, 2.24) is 0 Å². The number of hydrogen-bond donors (Lipinski definition) is 1. The molecule has 2 aromatic carbocycles. The molecule has 2 rings (SSSR count). The summed E-state index contributed by atoms with van der Waals surface area (Å²) in [5.41, 5.74) is 1.73. The van der Waals surface area contributed by atoms with Crippen molar-refractivity contribution < 1.29 is 9.84 Å². The van der Waals surface area contributed by atoms with E-state index in [9.17, 15) is 5.11 Å². The third-order valence-corrected chi connectivity index (χ3v) is 3.15. The van der Waals surface area contributed by atoms with Gasteiger partial charge in [-0.05, 0) is 43.7 Å². The second-order valence-corrected chi connectivity index (χ2v) is 4.63. The number of ether oxygens (including phenoxy) is 1. The van der Waals surface area contributed by atoms with Gasteiger partial charge in [-0.25, -0.2) is 0 Å². The number of rotatable bonds is 3. The predicted molar refractivity (Wildman–Crippen MR) is 73.3 cm³/mol. The molecule has 2 nitrogen and oxygen atoms in total. The van der Waals surface area contributed by atoms with Crippen LogP contribution in [0.15, 0.2) is 42.5 Å². The van der Waals surface area contributed by atoms with Gasteiger partial charge in [0, 0.05) is 10.6 Å². The van der Waals surface area contributed by atoms with Crippen LogP contribution in [0.4, 0.5) is 0 Å². The summed E-state index contributed by atoms with van der Waals surface area (Å²) in [4.78, 5) is 0. The van der Waals surface area contributed by atoms with Gasteiger partial charge in [-0.1, -0.05) is 29.8 Å². The molecule has 0 amide bonds. The lowest BCUT2D eigenvalue weighted by atomic mass is 10.1. The van der Waals surface area contributed by atoms with Crippen LogP contribution in [0.2, 0.25) is 5.02 Å². The molecular weight excluding hydrogens is 248 g/mol. The van der Waals surface area contributed by atoms with E-state index in [1.807, 2.05) is 43.3 Å². The molecule has 0 unspecified atom stereocenters. The maximum absolute atomic E-state index is 9.68. The molecule has 0 spiro atoms. The molecule has 0 saturated heterocycles. The van der Waals surface area contributed by atoms with E-state index in [2.05, 4.69) is 0 Å². The van der Waals surface area contributed by atoms with Crippen LogP contribution in [0.1, 0.15) is 24.2 Å². The number of para-hydroxylation sites is 1. The van der Waals surface area contributed by atoms with Crippen molar-refractivity contribution >= 4 is 11.6 Å². The van der Waals surface area contributed by atoms with Gasteiger partial charge in [0.25, 0.3) is 0 Å². The Hall–Kier alpha value is -1.51. The average molecular weight is 263 g/mol. The highest BCUT2D eigenvalue weighted by Crippen LogP contribution is 2.30. The SMILES string of the molecule is Cc1cc(Oc2ccccc2[C@H](C)O)ccc1Cl. The summed E-state index contributed by atoms with van der Waals surface area (Å²) in [5, 5.41) is 10.4. The van der Waals surface area contributed by atoms with Gasteiger partial charge in [-0.15, -0.1) is 0 Å². The molecule has 0 aliphatic heterocycles. The fraction of sp³-hybridized carbons (Fsp3) is 0.200. The van der Waals surface area contributed by atoms with E-state index >= 15 is 0 Å². The first-order valence-electron chi connectivity index (χ1n) is 5.79. The van der Waals surface area contributed by atoms with E-state index in [-0.39, 0.29) is 0 Å². The third-order valence-electron chi connectivity index (χ3n) is 2.73. The van der Waals surface area contributed by atoms with Crippen molar-refractivity contribution in [2.75, 3.05) is 0 Å². The molecule has 94 valence electrons. The first-order chi connectivity index (χ1) is 8.58. The number of halogens is 1. The molecule has 0 aliphatic carbocycles. The first kappa shape index (κ1) is 12.9. The minimum atomic E-state index is -0.561. The van der Waals surface area contributed by atoms with Gasteiger partial charge in [0.2, 0.25) is 0 Å². The lowest BCUT2D eigenvalue weighted by Crippen LogP contribution is -1.95. The first-order valence-corrected chi connectivity index (χ1v) is 6.16. The summed E-state index contributed by atoms with van der Waals surface area (Å²) in [6.07, 6.45) is -0.561. The topological polar surface area (TPSA) is 29.5 Å². The zero-order valence-electron chi connectivity index (χ0n) is 10.4. The van der Waals surface area contributed by atoms with Crippen LogP contribution in [0.5, 0.6) is 11.5 Å². The molecule has 18 heavy (non-hydrogen) atoms. The van der Waals surface area contributed by atoms with Gasteiger partial charge in [-0.3, -0.25) is 0 Å². The van der Waals surface area contributed by atoms with Crippen molar-refractivity contribution in [3.63, 3.8) is 0 Å². The highest BCUT2D eigenvalue weighted by molar-refractivity contribution is 6.31. The zero-order valence-corrected chi connectivity index (χ0v) is 11.1. The van der Waals surface area contributed by atoms with E-state index in [1.165, 1.54) is 0 Å². The van der Waals surface area contributed by atoms with Gasteiger partial charge in [0.05, 0.1) is 6.10 Å². The van der Waals surface area contributed by atoms with E-state index < -0.39 is 6.10 Å². The van der Waals surface area contributed by atoms with Crippen LogP contribution in [0, 0.1) is 6.92 Å². The Balaban J connectivity index is 2.31. The Bertz CT molecular complexity index is 550. The summed E-state index contributed by atoms with van der Waals surface area (Å²) in [6, 6.07) is 12.9. The summed E-state index contributed by atoms with van der Waals surface area (Å²) < 4.78 is 5.79. The highest BCUT2D eigenvalue weighted by Gasteiger charge is 2.09. The number of aliphatic hydroxyl groups is 1. The fourth-order valence-electron chi connectivity index (χ4n) is 1.73. The van der Waals surface area contributed by atoms with Gasteiger partial charge >= 0.3 is 0 Å². The predicted octanol–water partition coefficient (Wildman–Crippen LogP) is 4.49. The smallest absolute Gasteiger partial charge is 0.133 e. The Morgan fingerprint density at radius 1 is 1.17 bits per heavy atom. The average Bonchev–Trinajstić information content (AvgIpc) is 2.34. The maximum Gasteiger partial charge on any atom is 0.133 e. The molecule has 0 fully saturated rings. The van der Waals surface area contributed by atoms with Gasteiger partial charge < -0.3 is 9.84 Å².